The van der Waals surface area contributed by atoms with Gasteiger partial charge in [0.15, 0.2) is 0 Å². The second-order valence-corrected chi connectivity index (χ2v) is 10.4. The minimum absolute atomic E-state index is 0.0545. The van der Waals surface area contributed by atoms with Crippen molar-refractivity contribution in [3.63, 3.8) is 0 Å². The average Bonchev–Trinajstić information content (AvgIpc) is 3.39. The van der Waals surface area contributed by atoms with Crippen LogP contribution in [0.4, 0.5) is 5.69 Å². The molecule has 0 N–H and O–H groups in total. The first-order valence-corrected chi connectivity index (χ1v) is 13.3. The Bertz CT molecular complexity index is 1970. The summed E-state index contributed by atoms with van der Waals surface area (Å²) in [5, 5.41) is 16.2. The highest BCUT2D eigenvalue weighted by atomic mass is 32.2. The molecule has 11 heteroatoms. The van der Waals surface area contributed by atoms with E-state index >= 15 is 0 Å². The molecule has 0 bridgehead atoms. The van der Waals surface area contributed by atoms with Gasteiger partial charge in [-0.2, -0.15) is 0 Å². The molecule has 0 aliphatic carbocycles. The zero-order valence-electron chi connectivity index (χ0n) is 20.5. The maximum Gasteiger partial charge on any atom is 0.450 e. The first kappa shape index (κ1) is 25.3. The van der Waals surface area contributed by atoms with E-state index in [0.29, 0.717) is 42.9 Å². The van der Waals surface area contributed by atoms with Gasteiger partial charge in [-0.25, -0.2) is 9.78 Å². The SMILES string of the molecule is O=C(c1ccc(-n2c(-c3ccccc3)nc3ccccc3c2=O)cc1)[n+]1nc(S)sc1-c1ccc([N+](=O)[O-])cc1. The van der Waals surface area contributed by atoms with Crippen LogP contribution in [0.1, 0.15) is 10.4 Å². The van der Waals surface area contributed by atoms with Crippen LogP contribution in [0.5, 0.6) is 0 Å². The van der Waals surface area contributed by atoms with Gasteiger partial charge in [-0.05, 0) is 59.9 Å². The molecule has 2 heterocycles. The Balaban J connectivity index is 1.41. The highest BCUT2D eigenvalue weighted by Gasteiger charge is 2.30. The summed E-state index contributed by atoms with van der Waals surface area (Å²) in [6.07, 6.45) is 0. The minimum atomic E-state index is -0.485. The molecule has 0 aliphatic rings. The molecule has 0 atom stereocenters. The lowest BCUT2D eigenvalue weighted by molar-refractivity contribution is -0.621. The van der Waals surface area contributed by atoms with Crippen molar-refractivity contribution in [2.75, 3.05) is 0 Å². The molecule has 2 aromatic heterocycles. The number of non-ortho nitro benzene ring substituents is 1. The quantitative estimate of drug-likeness (QED) is 0.131. The Morgan fingerprint density at radius 1 is 0.875 bits per heavy atom. The Labute approximate surface area is 236 Å². The van der Waals surface area contributed by atoms with Gasteiger partial charge in [0.2, 0.25) is 4.34 Å². The summed E-state index contributed by atoms with van der Waals surface area (Å²) in [5.74, 6) is 0.0705. The zero-order valence-corrected chi connectivity index (χ0v) is 22.3. The highest BCUT2D eigenvalue weighted by Crippen LogP contribution is 2.27. The number of aromatic nitrogens is 4. The number of para-hydroxylation sites is 1. The lowest BCUT2D eigenvalue weighted by atomic mass is 10.1. The third kappa shape index (κ3) is 4.57. The van der Waals surface area contributed by atoms with Crippen LogP contribution in [0.2, 0.25) is 0 Å². The Hall–Kier alpha value is -5.00. The van der Waals surface area contributed by atoms with Crippen molar-refractivity contribution in [2.45, 2.75) is 4.34 Å². The van der Waals surface area contributed by atoms with E-state index in [1.165, 1.54) is 32.7 Å². The van der Waals surface area contributed by atoms with Crippen LogP contribution in [0, 0.1) is 10.1 Å². The molecule has 0 aliphatic heterocycles. The minimum Gasteiger partial charge on any atom is -0.268 e. The maximum absolute atomic E-state index is 13.6. The molecule has 6 rings (SSSR count). The summed E-state index contributed by atoms with van der Waals surface area (Å²) in [5.41, 5.74) is 2.56. The lowest BCUT2D eigenvalue weighted by Gasteiger charge is -2.14. The second kappa shape index (κ2) is 10.3. The first-order valence-electron chi connectivity index (χ1n) is 12.0. The van der Waals surface area contributed by atoms with E-state index in [-0.39, 0.29) is 11.2 Å². The number of hydrogen-bond donors (Lipinski definition) is 1. The van der Waals surface area contributed by atoms with E-state index in [1.54, 1.807) is 54.6 Å². The first-order chi connectivity index (χ1) is 19.4. The van der Waals surface area contributed by atoms with Gasteiger partial charge in [-0.1, -0.05) is 42.5 Å². The molecule has 6 aromatic rings. The normalized spacial score (nSPS) is 11.0. The maximum atomic E-state index is 13.6. The molecule has 40 heavy (non-hydrogen) atoms. The smallest absolute Gasteiger partial charge is 0.268 e. The summed E-state index contributed by atoms with van der Waals surface area (Å²) < 4.78 is 3.12. The molecular weight excluding hydrogens is 546 g/mol. The van der Waals surface area contributed by atoms with Gasteiger partial charge in [0.1, 0.15) is 5.82 Å². The fraction of sp³-hybridized carbons (Fsp3) is 0. The monoisotopic (exact) mass is 564 g/mol. The van der Waals surface area contributed by atoms with Crippen LogP contribution in [-0.4, -0.2) is 25.5 Å². The number of carbonyl (C=O) groups is 1. The van der Waals surface area contributed by atoms with Gasteiger partial charge in [0, 0.05) is 27.5 Å². The van der Waals surface area contributed by atoms with Gasteiger partial charge in [-0.3, -0.25) is 19.5 Å². The van der Waals surface area contributed by atoms with E-state index in [4.69, 9.17) is 4.98 Å². The number of benzene rings is 4. The summed E-state index contributed by atoms with van der Waals surface area (Å²) in [6, 6.07) is 29.1. The summed E-state index contributed by atoms with van der Waals surface area (Å²) in [7, 11) is 0. The van der Waals surface area contributed by atoms with Gasteiger partial charge in [0.25, 0.3) is 11.2 Å². The molecule has 0 spiro atoms. The van der Waals surface area contributed by atoms with Gasteiger partial charge < -0.3 is 0 Å². The van der Waals surface area contributed by atoms with E-state index in [0.717, 1.165) is 5.56 Å². The molecule has 194 valence electrons. The second-order valence-electron chi connectivity index (χ2n) is 8.72. The topological polar surface area (TPSA) is 112 Å². The molecule has 0 unspecified atom stereocenters. The van der Waals surface area contributed by atoms with Crippen molar-refractivity contribution in [1.29, 1.82) is 0 Å². The van der Waals surface area contributed by atoms with E-state index in [2.05, 4.69) is 17.7 Å². The van der Waals surface area contributed by atoms with Crippen LogP contribution < -0.4 is 10.2 Å². The molecule has 0 saturated heterocycles. The fourth-order valence-corrected chi connectivity index (χ4v) is 5.46. The number of hydrogen-bond acceptors (Lipinski definition) is 8. The third-order valence-electron chi connectivity index (χ3n) is 6.26. The largest absolute Gasteiger partial charge is 0.450 e. The van der Waals surface area contributed by atoms with Crippen LogP contribution in [-0.2, 0) is 0 Å². The predicted octanol–water partition coefficient (Wildman–Crippen LogP) is 5.35. The van der Waals surface area contributed by atoms with Gasteiger partial charge in [-0.15, -0.1) is 12.6 Å². The van der Waals surface area contributed by atoms with E-state index in [9.17, 15) is 19.7 Å². The molecule has 0 amide bonds. The van der Waals surface area contributed by atoms with E-state index < -0.39 is 10.8 Å². The van der Waals surface area contributed by atoms with Crippen LogP contribution in [0.15, 0.2) is 112 Å². The Morgan fingerprint density at radius 2 is 1.55 bits per heavy atom. The fourth-order valence-electron chi connectivity index (χ4n) is 4.35. The summed E-state index contributed by atoms with van der Waals surface area (Å²) in [4.78, 5) is 42.4. The number of nitrogens with zero attached hydrogens (tertiary/aromatic N) is 5. The van der Waals surface area contributed by atoms with Crippen molar-refractivity contribution >= 4 is 46.5 Å². The number of carbonyl (C=O) groups excluding carboxylic acids is 1. The highest BCUT2D eigenvalue weighted by molar-refractivity contribution is 7.82. The van der Waals surface area contributed by atoms with Crippen LogP contribution in [0.3, 0.4) is 0 Å². The molecular formula is C29H18N5O4S2+. The number of rotatable bonds is 5. The summed E-state index contributed by atoms with van der Waals surface area (Å²) >= 11 is 5.50. The standard InChI is InChI=1S/C29H17N5O4S2/c35-26(33-28(40-29(39)31-33)20-12-16-22(17-13-20)34(37)38)19-10-14-21(15-11-19)32-25(18-6-2-1-3-7-18)30-24-9-5-4-8-23(24)27(32)36/h1-17H/p+1. The predicted molar refractivity (Wildman–Crippen MR) is 154 cm³/mol. The van der Waals surface area contributed by atoms with Crippen LogP contribution in [0.25, 0.3) is 38.5 Å². The number of fused-ring (bicyclic) bond motifs is 1. The molecule has 0 fully saturated rings. The number of nitro groups is 1. The van der Waals surface area contributed by atoms with Gasteiger partial charge >= 0.3 is 10.9 Å². The van der Waals surface area contributed by atoms with Crippen molar-refractivity contribution in [1.82, 2.24) is 14.6 Å². The number of nitro benzene ring substituents is 1. The molecule has 4 aromatic carbocycles. The van der Waals surface area contributed by atoms with Gasteiger partial charge in [0.05, 0.1) is 32.6 Å². The van der Waals surface area contributed by atoms with E-state index in [1.807, 2.05) is 36.4 Å². The zero-order chi connectivity index (χ0) is 27.8. The van der Waals surface area contributed by atoms with Crippen molar-refractivity contribution in [3.05, 3.63) is 129 Å². The lowest BCUT2D eigenvalue weighted by Crippen LogP contribution is -2.46. The van der Waals surface area contributed by atoms with Crippen molar-refractivity contribution in [2.24, 2.45) is 0 Å². The third-order valence-corrected chi connectivity index (χ3v) is 7.49. The van der Waals surface area contributed by atoms with Crippen molar-refractivity contribution in [3.8, 4) is 27.6 Å². The Morgan fingerprint density at radius 3 is 2.25 bits per heavy atom. The molecule has 0 saturated carbocycles. The molecule has 9 nitrogen and oxygen atoms in total. The number of thiol groups is 1. The summed E-state index contributed by atoms with van der Waals surface area (Å²) in [6.45, 7) is 0. The van der Waals surface area contributed by atoms with Crippen LogP contribution >= 0.6 is 24.0 Å². The average molecular weight is 565 g/mol. The Kier molecular flexibility index (Phi) is 6.50. The van der Waals surface area contributed by atoms with Crippen molar-refractivity contribution < 1.29 is 14.4 Å². The molecule has 0 radical (unpaired) electrons.